The Morgan fingerprint density at radius 3 is 2.88 bits per heavy atom. The molecule has 0 amide bonds. The molecule has 1 aliphatic carbocycles. The molecule has 1 aliphatic rings. The van der Waals surface area contributed by atoms with Crippen LogP contribution < -0.4 is 0 Å². The number of unbranched alkanes of at least 4 members (excludes halogenated alkanes) is 1. The summed E-state index contributed by atoms with van der Waals surface area (Å²) in [7, 11) is 0. The normalized spacial score (nSPS) is 17.5. The number of rotatable bonds is 6. The SMILES string of the molecule is CCCCn1cnc(CCC2CCCCC2)n1. The molecule has 0 unspecified atom stereocenters. The summed E-state index contributed by atoms with van der Waals surface area (Å²) in [6.45, 7) is 3.23. The number of hydrogen-bond donors (Lipinski definition) is 0. The molecule has 2 rings (SSSR count). The number of hydrogen-bond acceptors (Lipinski definition) is 2. The summed E-state index contributed by atoms with van der Waals surface area (Å²) < 4.78 is 2.00. The van der Waals surface area contributed by atoms with Crippen molar-refractivity contribution in [3.05, 3.63) is 12.2 Å². The fourth-order valence-corrected chi connectivity index (χ4v) is 2.68. The van der Waals surface area contributed by atoms with Crippen LogP contribution in [0.2, 0.25) is 0 Å². The van der Waals surface area contributed by atoms with Crippen molar-refractivity contribution in [3.8, 4) is 0 Å². The van der Waals surface area contributed by atoms with E-state index in [1.165, 1.54) is 51.4 Å². The molecule has 96 valence electrons. The largest absolute Gasteiger partial charge is 0.253 e. The van der Waals surface area contributed by atoms with Crippen molar-refractivity contribution < 1.29 is 0 Å². The van der Waals surface area contributed by atoms with Crippen molar-refractivity contribution in [1.82, 2.24) is 14.8 Å². The molecule has 3 heteroatoms. The smallest absolute Gasteiger partial charge is 0.150 e. The fourth-order valence-electron chi connectivity index (χ4n) is 2.68. The zero-order valence-electron chi connectivity index (χ0n) is 11.1. The third-order valence-electron chi connectivity index (χ3n) is 3.83. The van der Waals surface area contributed by atoms with Crippen LogP contribution in [0.4, 0.5) is 0 Å². The molecule has 0 aromatic carbocycles. The summed E-state index contributed by atoms with van der Waals surface area (Å²) in [6.07, 6.45) is 13.8. The number of aryl methyl sites for hydroxylation is 2. The first-order chi connectivity index (χ1) is 8.38. The molecule has 0 atom stereocenters. The maximum Gasteiger partial charge on any atom is 0.150 e. The highest BCUT2D eigenvalue weighted by molar-refractivity contribution is 4.83. The maximum absolute atomic E-state index is 4.54. The molecule has 1 fully saturated rings. The first-order valence-electron chi connectivity index (χ1n) is 7.27. The van der Waals surface area contributed by atoms with E-state index in [9.17, 15) is 0 Å². The second-order valence-electron chi connectivity index (χ2n) is 5.32. The molecule has 0 saturated heterocycles. The second-order valence-corrected chi connectivity index (χ2v) is 5.32. The molecule has 0 spiro atoms. The van der Waals surface area contributed by atoms with E-state index in [4.69, 9.17) is 0 Å². The lowest BCUT2D eigenvalue weighted by Crippen LogP contribution is -2.08. The van der Waals surface area contributed by atoms with Crippen LogP contribution in [0, 0.1) is 5.92 Å². The summed E-state index contributed by atoms with van der Waals surface area (Å²) in [5.74, 6) is 1.98. The van der Waals surface area contributed by atoms with Crippen LogP contribution in [0.3, 0.4) is 0 Å². The molecule has 1 aromatic rings. The van der Waals surface area contributed by atoms with Crippen molar-refractivity contribution in [3.63, 3.8) is 0 Å². The summed E-state index contributed by atoms with van der Waals surface area (Å²) in [6, 6.07) is 0. The minimum atomic E-state index is 0.936. The lowest BCUT2D eigenvalue weighted by atomic mass is 9.86. The van der Waals surface area contributed by atoms with Gasteiger partial charge in [-0.25, -0.2) is 4.98 Å². The van der Waals surface area contributed by atoms with E-state index in [0.717, 1.165) is 24.7 Å². The third kappa shape index (κ3) is 4.14. The van der Waals surface area contributed by atoms with Crippen molar-refractivity contribution in [2.45, 2.75) is 71.3 Å². The van der Waals surface area contributed by atoms with Gasteiger partial charge in [0.15, 0.2) is 5.82 Å². The molecule has 17 heavy (non-hydrogen) atoms. The molecule has 1 aromatic heterocycles. The van der Waals surface area contributed by atoms with Gasteiger partial charge in [0.2, 0.25) is 0 Å². The highest BCUT2D eigenvalue weighted by Crippen LogP contribution is 2.26. The van der Waals surface area contributed by atoms with Crippen LogP contribution in [0.15, 0.2) is 6.33 Å². The van der Waals surface area contributed by atoms with Gasteiger partial charge in [-0.3, -0.25) is 4.68 Å². The minimum absolute atomic E-state index is 0.936. The van der Waals surface area contributed by atoms with Crippen molar-refractivity contribution in [2.24, 2.45) is 5.92 Å². The molecular formula is C14H25N3. The molecule has 0 N–H and O–H groups in total. The number of aromatic nitrogens is 3. The van der Waals surface area contributed by atoms with Crippen molar-refractivity contribution in [2.75, 3.05) is 0 Å². The van der Waals surface area contributed by atoms with E-state index in [-0.39, 0.29) is 0 Å². The molecule has 1 heterocycles. The standard InChI is InChI=1S/C14H25N3/c1-2-3-11-17-12-15-14(16-17)10-9-13-7-5-4-6-8-13/h12-13H,2-11H2,1H3. The van der Waals surface area contributed by atoms with Gasteiger partial charge in [0, 0.05) is 13.0 Å². The van der Waals surface area contributed by atoms with Crippen LogP contribution in [-0.4, -0.2) is 14.8 Å². The average molecular weight is 235 g/mol. The van der Waals surface area contributed by atoms with Crippen LogP contribution in [0.1, 0.15) is 64.1 Å². The molecule has 0 bridgehead atoms. The van der Waals surface area contributed by atoms with E-state index in [1.807, 2.05) is 11.0 Å². The predicted octanol–water partition coefficient (Wildman–Crippen LogP) is 3.59. The van der Waals surface area contributed by atoms with Crippen LogP contribution >= 0.6 is 0 Å². The number of nitrogens with zero attached hydrogens (tertiary/aromatic N) is 3. The Kier molecular flexibility index (Phi) is 5.02. The van der Waals surface area contributed by atoms with Crippen molar-refractivity contribution >= 4 is 0 Å². The first-order valence-corrected chi connectivity index (χ1v) is 7.27. The van der Waals surface area contributed by atoms with Gasteiger partial charge in [-0.05, 0) is 18.8 Å². The van der Waals surface area contributed by atoms with E-state index in [1.54, 1.807) is 0 Å². The summed E-state index contributed by atoms with van der Waals surface area (Å²) >= 11 is 0. The van der Waals surface area contributed by atoms with Gasteiger partial charge in [0.25, 0.3) is 0 Å². The quantitative estimate of drug-likeness (QED) is 0.754. The topological polar surface area (TPSA) is 30.7 Å². The van der Waals surface area contributed by atoms with Gasteiger partial charge in [0.1, 0.15) is 6.33 Å². The summed E-state index contributed by atoms with van der Waals surface area (Å²) in [5.41, 5.74) is 0. The summed E-state index contributed by atoms with van der Waals surface area (Å²) in [4.78, 5) is 4.41. The van der Waals surface area contributed by atoms with Gasteiger partial charge in [-0.1, -0.05) is 45.4 Å². The van der Waals surface area contributed by atoms with Crippen LogP contribution in [0.25, 0.3) is 0 Å². The third-order valence-corrected chi connectivity index (χ3v) is 3.83. The van der Waals surface area contributed by atoms with Gasteiger partial charge >= 0.3 is 0 Å². The minimum Gasteiger partial charge on any atom is -0.253 e. The van der Waals surface area contributed by atoms with E-state index in [2.05, 4.69) is 17.0 Å². The zero-order valence-corrected chi connectivity index (χ0v) is 11.1. The van der Waals surface area contributed by atoms with Gasteiger partial charge < -0.3 is 0 Å². The Bertz CT molecular complexity index is 313. The lowest BCUT2D eigenvalue weighted by Gasteiger charge is -2.20. The predicted molar refractivity (Wildman–Crippen MR) is 69.8 cm³/mol. The van der Waals surface area contributed by atoms with E-state index in [0.29, 0.717) is 0 Å². The Labute approximate surface area is 105 Å². The molecular weight excluding hydrogens is 210 g/mol. The fraction of sp³-hybridized carbons (Fsp3) is 0.857. The van der Waals surface area contributed by atoms with Gasteiger partial charge in [-0.2, -0.15) is 5.10 Å². The molecule has 1 saturated carbocycles. The molecule has 3 nitrogen and oxygen atoms in total. The Morgan fingerprint density at radius 1 is 1.29 bits per heavy atom. The maximum atomic E-state index is 4.54. The van der Waals surface area contributed by atoms with Gasteiger partial charge in [-0.15, -0.1) is 0 Å². The Hall–Kier alpha value is -0.860. The van der Waals surface area contributed by atoms with E-state index >= 15 is 0 Å². The second kappa shape index (κ2) is 6.77. The van der Waals surface area contributed by atoms with Gasteiger partial charge in [0.05, 0.1) is 0 Å². The Morgan fingerprint density at radius 2 is 2.12 bits per heavy atom. The Balaban J connectivity index is 1.72. The van der Waals surface area contributed by atoms with E-state index < -0.39 is 0 Å². The highest BCUT2D eigenvalue weighted by atomic mass is 15.3. The lowest BCUT2D eigenvalue weighted by molar-refractivity contribution is 0.337. The summed E-state index contributed by atoms with van der Waals surface area (Å²) in [5, 5.41) is 4.54. The molecule has 0 radical (unpaired) electrons. The first kappa shape index (κ1) is 12.6. The van der Waals surface area contributed by atoms with Crippen LogP contribution in [-0.2, 0) is 13.0 Å². The molecule has 0 aliphatic heterocycles. The highest BCUT2D eigenvalue weighted by Gasteiger charge is 2.14. The van der Waals surface area contributed by atoms with Crippen LogP contribution in [0.5, 0.6) is 0 Å². The average Bonchev–Trinajstić information content (AvgIpc) is 2.83. The van der Waals surface area contributed by atoms with Crippen molar-refractivity contribution in [1.29, 1.82) is 0 Å². The zero-order chi connectivity index (χ0) is 11.9. The monoisotopic (exact) mass is 235 g/mol.